The Labute approximate surface area is 215 Å². The van der Waals surface area contributed by atoms with Gasteiger partial charge in [0.1, 0.15) is 30.0 Å². The van der Waals surface area contributed by atoms with Crippen LogP contribution in [0.25, 0.3) is 10.9 Å². The van der Waals surface area contributed by atoms with E-state index in [0.717, 1.165) is 10.9 Å². The number of carbonyl (C=O) groups is 2. The Balaban J connectivity index is 1.38. The maximum absolute atomic E-state index is 13.5. The quantitative estimate of drug-likeness (QED) is 0.499. The van der Waals surface area contributed by atoms with E-state index in [1.54, 1.807) is 29.2 Å². The molecular weight excluding hydrogens is 473 g/mol. The molecule has 3 aromatic rings. The molecule has 9 nitrogen and oxygen atoms in total. The Hall–Kier alpha value is -3.79. The molecule has 1 aromatic heterocycles. The highest BCUT2D eigenvalue weighted by Crippen LogP contribution is 2.25. The number of fused-ring (bicyclic) bond motifs is 5. The van der Waals surface area contributed by atoms with Crippen molar-refractivity contribution >= 4 is 34.3 Å². The number of nitrogens with zero attached hydrogens (tertiary/aromatic N) is 4. The first-order chi connectivity index (χ1) is 17.8. The highest BCUT2D eigenvalue weighted by Gasteiger charge is 2.35. The molecule has 0 spiro atoms. The summed E-state index contributed by atoms with van der Waals surface area (Å²) >= 11 is 0. The monoisotopic (exact) mass is 505 g/mol. The highest BCUT2D eigenvalue weighted by atomic mass is 19.1. The molecule has 2 aliphatic rings. The first-order valence-corrected chi connectivity index (χ1v) is 12.6. The van der Waals surface area contributed by atoms with Gasteiger partial charge in [0.05, 0.1) is 18.6 Å². The summed E-state index contributed by atoms with van der Waals surface area (Å²) in [6.45, 7) is 7.22. The Bertz CT molecular complexity index is 1300. The van der Waals surface area contributed by atoms with Crippen molar-refractivity contribution in [2.24, 2.45) is 5.92 Å². The second-order valence-electron chi connectivity index (χ2n) is 9.98. The van der Waals surface area contributed by atoms with Crippen LogP contribution in [-0.4, -0.2) is 63.5 Å². The molecule has 2 bridgehead atoms. The molecule has 5 rings (SSSR count). The van der Waals surface area contributed by atoms with Crippen molar-refractivity contribution in [3.8, 4) is 0 Å². The molecule has 3 atom stereocenters. The number of amides is 3. The van der Waals surface area contributed by atoms with E-state index in [4.69, 9.17) is 9.97 Å². The van der Waals surface area contributed by atoms with Gasteiger partial charge in [0, 0.05) is 24.2 Å². The number of halogens is 1. The van der Waals surface area contributed by atoms with Crippen molar-refractivity contribution in [3.63, 3.8) is 0 Å². The number of hydrogen-bond donors (Lipinski definition) is 3. The fraction of sp³-hybridized carbons (Fsp3) is 0.407. The van der Waals surface area contributed by atoms with E-state index >= 15 is 0 Å². The summed E-state index contributed by atoms with van der Waals surface area (Å²) in [6.07, 6.45) is -1.47. The lowest BCUT2D eigenvalue weighted by atomic mass is 10.0. The van der Waals surface area contributed by atoms with Crippen LogP contribution >= 0.6 is 0 Å². The molecule has 1 fully saturated rings. The van der Waals surface area contributed by atoms with Crippen molar-refractivity contribution in [2.45, 2.75) is 45.7 Å². The van der Waals surface area contributed by atoms with Gasteiger partial charge in [-0.05, 0) is 42.7 Å². The summed E-state index contributed by atoms with van der Waals surface area (Å²) < 4.78 is 13.5. The number of hydrogen-bond acceptors (Lipinski definition) is 6. The van der Waals surface area contributed by atoms with Crippen LogP contribution in [0.1, 0.15) is 38.3 Å². The van der Waals surface area contributed by atoms with E-state index in [1.165, 1.54) is 6.92 Å². The third-order valence-corrected chi connectivity index (χ3v) is 6.94. The van der Waals surface area contributed by atoms with Gasteiger partial charge in [-0.3, -0.25) is 9.69 Å². The Morgan fingerprint density at radius 1 is 1.05 bits per heavy atom. The lowest BCUT2D eigenvalue weighted by Crippen LogP contribution is -2.63. The first-order valence-electron chi connectivity index (χ1n) is 12.6. The van der Waals surface area contributed by atoms with Gasteiger partial charge in [-0.2, -0.15) is 0 Å². The summed E-state index contributed by atoms with van der Waals surface area (Å²) in [5.74, 6) is 1.17. The summed E-state index contributed by atoms with van der Waals surface area (Å²) in [5, 5.41) is 10.3. The third-order valence-electron chi connectivity index (χ3n) is 6.94. The third kappa shape index (κ3) is 5.34. The fourth-order valence-electron chi connectivity index (χ4n) is 4.79. The number of para-hydroxylation sites is 1. The Kier molecular flexibility index (Phi) is 6.92. The number of benzene rings is 2. The molecule has 10 heteroatoms. The average Bonchev–Trinajstić information content (AvgIpc) is 2.87. The molecule has 0 saturated carbocycles. The predicted octanol–water partition coefficient (Wildman–Crippen LogP) is 3.90. The molecule has 0 radical (unpaired) electrons. The van der Waals surface area contributed by atoms with Crippen LogP contribution in [0.5, 0.6) is 0 Å². The van der Waals surface area contributed by atoms with Gasteiger partial charge >= 0.3 is 6.03 Å². The topological polar surface area (TPSA) is 102 Å². The molecule has 194 valence electrons. The van der Waals surface area contributed by atoms with Crippen LogP contribution in [0, 0.1) is 5.92 Å². The summed E-state index contributed by atoms with van der Waals surface area (Å²) in [7, 11) is 0. The van der Waals surface area contributed by atoms with Crippen LogP contribution in [0.15, 0.2) is 48.5 Å². The molecule has 2 aromatic carbocycles. The standard InChI is InChI=1S/C27H32FN7O2/c1-16(2)24-26(36)32-23-15-35(27(37)29-19-10-8-18(9-11-19)17(3)28)13-12-34(23)14-22-30-21-7-5-4-6-20(21)25(31-22)33-24/h4-11,16-17,23-24H,12-15H2,1-3H3,(H,29,37)(H,32,36)(H,30,31,33)/t17-,23?,24-/m0/s1. The normalized spacial score (nSPS) is 21.1. The number of piperazine rings is 1. The average molecular weight is 506 g/mol. The van der Waals surface area contributed by atoms with Crippen molar-refractivity contribution in [3.05, 3.63) is 59.9 Å². The van der Waals surface area contributed by atoms with E-state index in [1.807, 2.05) is 38.1 Å². The van der Waals surface area contributed by atoms with Crippen molar-refractivity contribution in [1.29, 1.82) is 0 Å². The minimum Gasteiger partial charge on any atom is -0.358 e. The zero-order valence-electron chi connectivity index (χ0n) is 21.2. The molecule has 2 aliphatic heterocycles. The lowest BCUT2D eigenvalue weighted by Gasteiger charge is -2.42. The molecule has 0 aliphatic carbocycles. The number of alkyl halides is 1. The molecule has 37 heavy (non-hydrogen) atoms. The number of carbonyl (C=O) groups excluding carboxylic acids is 2. The predicted molar refractivity (Wildman–Crippen MR) is 141 cm³/mol. The number of aromatic nitrogens is 2. The second kappa shape index (κ2) is 10.3. The largest absolute Gasteiger partial charge is 0.358 e. The van der Waals surface area contributed by atoms with Crippen LogP contribution in [0.3, 0.4) is 0 Å². The first kappa shape index (κ1) is 24.9. The summed E-state index contributed by atoms with van der Waals surface area (Å²) in [4.78, 5) is 39.8. The SMILES string of the molecule is CC(C)[C@@H]1Nc2nc(nc3ccccc23)CN2CCN(C(=O)Nc3ccc([C@H](C)F)cc3)CC2NC1=O. The number of urea groups is 1. The minimum absolute atomic E-state index is 0.00283. The van der Waals surface area contributed by atoms with E-state index < -0.39 is 18.4 Å². The molecule has 3 heterocycles. The Morgan fingerprint density at radius 2 is 1.81 bits per heavy atom. The molecule has 1 unspecified atom stereocenters. The van der Waals surface area contributed by atoms with Crippen LogP contribution in [0.4, 0.5) is 20.7 Å². The fourth-order valence-corrected chi connectivity index (χ4v) is 4.79. The van der Waals surface area contributed by atoms with E-state index in [2.05, 4.69) is 20.9 Å². The highest BCUT2D eigenvalue weighted by molar-refractivity contribution is 5.93. The van der Waals surface area contributed by atoms with Crippen molar-refractivity contribution < 1.29 is 14.0 Å². The van der Waals surface area contributed by atoms with Crippen LogP contribution in [0.2, 0.25) is 0 Å². The van der Waals surface area contributed by atoms with Gasteiger partial charge in [0.25, 0.3) is 0 Å². The molecule has 1 saturated heterocycles. The lowest BCUT2D eigenvalue weighted by molar-refractivity contribution is -0.125. The number of rotatable bonds is 3. The van der Waals surface area contributed by atoms with E-state index in [0.29, 0.717) is 49.1 Å². The molecular formula is C27H32FN7O2. The van der Waals surface area contributed by atoms with Gasteiger partial charge in [-0.1, -0.05) is 38.1 Å². The van der Waals surface area contributed by atoms with Gasteiger partial charge in [0.15, 0.2) is 0 Å². The maximum Gasteiger partial charge on any atom is 0.322 e. The van der Waals surface area contributed by atoms with Crippen molar-refractivity contribution in [1.82, 2.24) is 25.1 Å². The number of anilines is 2. The minimum atomic E-state index is -1.07. The van der Waals surface area contributed by atoms with E-state index in [-0.39, 0.29) is 17.9 Å². The van der Waals surface area contributed by atoms with Gasteiger partial charge in [-0.15, -0.1) is 0 Å². The van der Waals surface area contributed by atoms with E-state index in [9.17, 15) is 14.0 Å². The van der Waals surface area contributed by atoms with Gasteiger partial charge in [-0.25, -0.2) is 19.2 Å². The van der Waals surface area contributed by atoms with Crippen LogP contribution in [-0.2, 0) is 11.3 Å². The smallest absolute Gasteiger partial charge is 0.322 e. The zero-order chi connectivity index (χ0) is 26.1. The summed E-state index contributed by atoms with van der Waals surface area (Å²) in [6, 6.07) is 13.7. The number of nitrogens with one attached hydrogen (secondary N) is 3. The molecule has 3 N–H and O–H groups in total. The molecule has 3 amide bonds. The van der Waals surface area contributed by atoms with Gasteiger partial charge in [0.2, 0.25) is 5.91 Å². The van der Waals surface area contributed by atoms with Gasteiger partial charge < -0.3 is 20.9 Å². The van der Waals surface area contributed by atoms with Crippen molar-refractivity contribution in [2.75, 3.05) is 30.3 Å². The second-order valence-corrected chi connectivity index (χ2v) is 9.98. The maximum atomic E-state index is 13.5. The zero-order valence-corrected chi connectivity index (χ0v) is 21.2. The van der Waals surface area contributed by atoms with Crippen LogP contribution < -0.4 is 16.0 Å². The summed E-state index contributed by atoms with van der Waals surface area (Å²) in [5.41, 5.74) is 1.97. The Morgan fingerprint density at radius 3 is 2.54 bits per heavy atom.